The number of anilines is 1. The maximum Gasteiger partial charge on any atom is 0.251 e. The number of fused-ring (bicyclic) bond motifs is 1. The van der Waals surface area contributed by atoms with Crippen LogP contribution < -0.4 is 20.3 Å². The van der Waals surface area contributed by atoms with Crippen molar-refractivity contribution in [3.63, 3.8) is 0 Å². The molecule has 4 rings (SSSR count). The van der Waals surface area contributed by atoms with Gasteiger partial charge >= 0.3 is 0 Å². The standard InChI is InChI=1S/C35H38N4O4/c1-7-26-19-23(3)38-34-28(26)9-8-10-31(34)43-21-29-22(2)11-17-30(24(29)4)39(6)33(41)20-37-32(40)18-14-25-12-15-27(16-13-25)35(42)36-5/h8-19H,7,20-21H2,1-6H3,(H,36,42)(H,37,40)/b18-14+. The molecular weight excluding hydrogens is 540 g/mol. The lowest BCUT2D eigenvalue weighted by Gasteiger charge is -2.23. The van der Waals surface area contributed by atoms with Gasteiger partial charge < -0.3 is 20.3 Å². The highest BCUT2D eigenvalue weighted by atomic mass is 16.5. The lowest BCUT2D eigenvalue weighted by atomic mass is 10.0. The predicted molar refractivity (Wildman–Crippen MR) is 171 cm³/mol. The van der Waals surface area contributed by atoms with Crippen molar-refractivity contribution < 1.29 is 19.1 Å². The predicted octanol–water partition coefficient (Wildman–Crippen LogP) is 5.45. The summed E-state index contributed by atoms with van der Waals surface area (Å²) in [5.74, 6) is -0.0990. The molecule has 1 heterocycles. The molecule has 0 aliphatic rings. The number of carbonyl (C=O) groups is 3. The first kappa shape index (κ1) is 31.0. The van der Waals surface area contributed by atoms with Gasteiger partial charge in [0.05, 0.1) is 6.54 Å². The highest BCUT2D eigenvalue weighted by molar-refractivity contribution is 5.99. The van der Waals surface area contributed by atoms with E-state index < -0.39 is 5.91 Å². The summed E-state index contributed by atoms with van der Waals surface area (Å²) in [5.41, 5.74) is 8.06. The molecule has 43 heavy (non-hydrogen) atoms. The molecule has 0 bridgehead atoms. The average molecular weight is 579 g/mol. The SMILES string of the molecule is CCc1cc(C)nc2c(OCc3c(C)ccc(N(C)C(=O)CNC(=O)/C=C/c4ccc(C(=O)NC)cc4)c3C)cccc12. The van der Waals surface area contributed by atoms with Crippen molar-refractivity contribution >= 4 is 40.4 Å². The molecule has 0 saturated heterocycles. The summed E-state index contributed by atoms with van der Waals surface area (Å²) in [6, 6.07) is 18.9. The number of nitrogens with one attached hydrogen (secondary N) is 2. The minimum absolute atomic E-state index is 0.158. The first-order valence-electron chi connectivity index (χ1n) is 14.3. The molecule has 0 aliphatic heterocycles. The minimum Gasteiger partial charge on any atom is -0.487 e. The molecule has 2 N–H and O–H groups in total. The maximum absolute atomic E-state index is 13.0. The molecule has 3 amide bonds. The second-order valence-electron chi connectivity index (χ2n) is 10.4. The van der Waals surface area contributed by atoms with Gasteiger partial charge in [0.15, 0.2) is 0 Å². The Bertz CT molecular complexity index is 1690. The number of rotatable bonds is 10. The smallest absolute Gasteiger partial charge is 0.251 e. The van der Waals surface area contributed by atoms with E-state index in [4.69, 9.17) is 9.72 Å². The first-order chi connectivity index (χ1) is 20.6. The van der Waals surface area contributed by atoms with Crippen LogP contribution in [0.3, 0.4) is 0 Å². The molecule has 8 nitrogen and oxygen atoms in total. The number of likely N-dealkylation sites (N-methyl/N-ethyl adjacent to an activating group) is 1. The van der Waals surface area contributed by atoms with Gasteiger partial charge in [-0.1, -0.05) is 37.3 Å². The highest BCUT2D eigenvalue weighted by Gasteiger charge is 2.18. The monoisotopic (exact) mass is 578 g/mol. The number of hydrogen-bond donors (Lipinski definition) is 2. The minimum atomic E-state index is -0.392. The van der Waals surface area contributed by atoms with Crippen LogP contribution in [0, 0.1) is 20.8 Å². The van der Waals surface area contributed by atoms with Gasteiger partial charge in [0.2, 0.25) is 11.8 Å². The third-order valence-corrected chi connectivity index (χ3v) is 7.55. The number of ether oxygens (including phenoxy) is 1. The average Bonchev–Trinajstić information content (AvgIpc) is 3.01. The second kappa shape index (κ2) is 13.8. The molecule has 0 atom stereocenters. The normalized spacial score (nSPS) is 11.0. The van der Waals surface area contributed by atoms with E-state index in [1.54, 1.807) is 49.3 Å². The van der Waals surface area contributed by atoms with E-state index in [-0.39, 0.29) is 18.4 Å². The Morgan fingerprint density at radius 1 is 1.00 bits per heavy atom. The van der Waals surface area contributed by atoms with E-state index in [2.05, 4.69) is 29.7 Å². The molecule has 0 unspecified atom stereocenters. The molecule has 3 aromatic carbocycles. The highest BCUT2D eigenvalue weighted by Crippen LogP contribution is 2.30. The molecule has 0 radical (unpaired) electrons. The molecule has 0 aliphatic carbocycles. The van der Waals surface area contributed by atoms with Crippen molar-refractivity contribution in [2.75, 3.05) is 25.5 Å². The Morgan fingerprint density at radius 3 is 2.44 bits per heavy atom. The maximum atomic E-state index is 13.0. The lowest BCUT2D eigenvalue weighted by molar-refractivity contribution is -0.122. The van der Waals surface area contributed by atoms with E-state index in [1.807, 2.05) is 45.0 Å². The van der Waals surface area contributed by atoms with Crippen LogP contribution in [0.5, 0.6) is 5.75 Å². The lowest BCUT2D eigenvalue weighted by Crippen LogP contribution is -2.38. The van der Waals surface area contributed by atoms with Crippen LogP contribution in [0.4, 0.5) is 5.69 Å². The number of para-hydroxylation sites is 1. The van der Waals surface area contributed by atoms with Gasteiger partial charge in [-0.2, -0.15) is 0 Å². The summed E-state index contributed by atoms with van der Waals surface area (Å²) < 4.78 is 6.33. The topological polar surface area (TPSA) is 101 Å². The van der Waals surface area contributed by atoms with Gasteiger partial charge in [-0.3, -0.25) is 14.4 Å². The van der Waals surface area contributed by atoms with Crippen LogP contribution in [0.15, 0.2) is 66.7 Å². The molecule has 4 aromatic rings. The summed E-state index contributed by atoms with van der Waals surface area (Å²) in [7, 11) is 3.27. The zero-order chi connectivity index (χ0) is 31.1. The van der Waals surface area contributed by atoms with E-state index in [9.17, 15) is 14.4 Å². The molecule has 8 heteroatoms. The summed E-state index contributed by atoms with van der Waals surface area (Å²) in [5, 5.41) is 6.31. The van der Waals surface area contributed by atoms with E-state index in [0.717, 1.165) is 56.7 Å². The molecule has 222 valence electrons. The van der Waals surface area contributed by atoms with Gasteiger partial charge in [-0.25, -0.2) is 4.98 Å². The summed E-state index contributed by atoms with van der Waals surface area (Å²) in [6.07, 6.45) is 3.90. The number of aromatic nitrogens is 1. The molecule has 0 fully saturated rings. The van der Waals surface area contributed by atoms with Crippen molar-refractivity contribution in [3.05, 3.63) is 106 Å². The molecular formula is C35H38N4O4. The van der Waals surface area contributed by atoms with E-state index >= 15 is 0 Å². The second-order valence-corrected chi connectivity index (χ2v) is 10.4. The van der Waals surface area contributed by atoms with E-state index in [0.29, 0.717) is 12.2 Å². The van der Waals surface area contributed by atoms with E-state index in [1.165, 1.54) is 11.6 Å². The molecule has 1 aromatic heterocycles. The summed E-state index contributed by atoms with van der Waals surface area (Å²) in [6.45, 7) is 8.30. The van der Waals surface area contributed by atoms with Gasteiger partial charge in [0, 0.05) is 42.5 Å². The zero-order valence-corrected chi connectivity index (χ0v) is 25.6. The largest absolute Gasteiger partial charge is 0.487 e. The van der Waals surface area contributed by atoms with Gasteiger partial charge in [0.25, 0.3) is 5.91 Å². The number of aryl methyl sites for hydroxylation is 3. The number of nitrogens with zero attached hydrogens (tertiary/aromatic N) is 2. The van der Waals surface area contributed by atoms with Gasteiger partial charge in [0.1, 0.15) is 17.9 Å². The Labute approximate surface area is 252 Å². The quantitative estimate of drug-likeness (QED) is 0.244. The molecule has 0 spiro atoms. The number of amides is 3. The van der Waals surface area contributed by atoms with Crippen LogP contribution in [-0.4, -0.2) is 43.3 Å². The fraction of sp³-hybridized carbons (Fsp3) is 0.257. The first-order valence-corrected chi connectivity index (χ1v) is 14.3. The Kier molecular flexibility index (Phi) is 9.93. The van der Waals surface area contributed by atoms with Crippen molar-refractivity contribution in [1.29, 1.82) is 0 Å². The van der Waals surface area contributed by atoms with Crippen LogP contribution >= 0.6 is 0 Å². The third-order valence-electron chi connectivity index (χ3n) is 7.55. The fourth-order valence-corrected chi connectivity index (χ4v) is 5.00. The number of carbonyl (C=O) groups excluding carboxylic acids is 3. The van der Waals surface area contributed by atoms with Gasteiger partial charge in [-0.15, -0.1) is 0 Å². The number of benzene rings is 3. The van der Waals surface area contributed by atoms with Crippen molar-refractivity contribution in [1.82, 2.24) is 15.6 Å². The zero-order valence-electron chi connectivity index (χ0n) is 25.6. The van der Waals surface area contributed by atoms with Gasteiger partial charge in [-0.05, 0) is 91.4 Å². The van der Waals surface area contributed by atoms with Crippen molar-refractivity contribution in [2.45, 2.75) is 40.7 Å². The summed E-state index contributed by atoms with van der Waals surface area (Å²) in [4.78, 5) is 43.4. The Balaban J connectivity index is 1.41. The van der Waals surface area contributed by atoms with Crippen LogP contribution in [0.1, 0.15) is 50.8 Å². The van der Waals surface area contributed by atoms with Crippen LogP contribution in [0.25, 0.3) is 17.0 Å². The summed E-state index contributed by atoms with van der Waals surface area (Å²) >= 11 is 0. The number of hydrogen-bond acceptors (Lipinski definition) is 5. The van der Waals surface area contributed by atoms with Crippen LogP contribution in [0.2, 0.25) is 0 Å². The molecule has 0 saturated carbocycles. The fourth-order valence-electron chi connectivity index (χ4n) is 5.00. The third kappa shape index (κ3) is 7.27. The Morgan fingerprint density at radius 2 is 1.74 bits per heavy atom. The Hall–Kier alpha value is -4.98. The number of pyridine rings is 1. The van der Waals surface area contributed by atoms with Crippen LogP contribution in [-0.2, 0) is 22.6 Å². The van der Waals surface area contributed by atoms with Crippen molar-refractivity contribution in [3.8, 4) is 5.75 Å². The van der Waals surface area contributed by atoms with Crippen molar-refractivity contribution in [2.24, 2.45) is 0 Å².